The minimum Gasteiger partial charge on any atom is -0.339 e. The van der Waals surface area contributed by atoms with Gasteiger partial charge in [-0.15, -0.1) is 0 Å². The summed E-state index contributed by atoms with van der Waals surface area (Å²) < 4.78 is 0.970. The molecule has 1 aromatic carbocycles. The van der Waals surface area contributed by atoms with Gasteiger partial charge in [0.05, 0.1) is 5.56 Å². The third kappa shape index (κ3) is 6.55. The predicted molar refractivity (Wildman–Crippen MR) is 99.1 cm³/mol. The average molecular weight is 422 g/mol. The molecule has 0 heterocycles. The molecule has 0 aromatic heterocycles. The summed E-state index contributed by atoms with van der Waals surface area (Å²) in [6.45, 7) is 6.06. The molecule has 1 aromatic rings. The molecular weight excluding hydrogens is 397 g/mol. The van der Waals surface area contributed by atoms with E-state index in [4.69, 9.17) is 11.6 Å². The zero-order chi connectivity index (χ0) is 15.7. The SMILES string of the molecule is CCCCCN(CCCCC)C(=O)c1cc(Cl)ccc1I. The van der Waals surface area contributed by atoms with Crippen LogP contribution in [-0.4, -0.2) is 23.9 Å². The van der Waals surface area contributed by atoms with Crippen molar-refractivity contribution < 1.29 is 4.79 Å². The fourth-order valence-electron chi connectivity index (χ4n) is 2.25. The van der Waals surface area contributed by atoms with Gasteiger partial charge in [0.25, 0.3) is 5.91 Å². The molecule has 0 fully saturated rings. The van der Waals surface area contributed by atoms with Crippen molar-refractivity contribution in [1.29, 1.82) is 0 Å². The van der Waals surface area contributed by atoms with E-state index in [0.29, 0.717) is 5.02 Å². The van der Waals surface area contributed by atoms with E-state index in [1.807, 2.05) is 17.0 Å². The molecule has 0 aliphatic heterocycles. The second kappa shape index (κ2) is 10.4. The summed E-state index contributed by atoms with van der Waals surface area (Å²) in [6, 6.07) is 5.53. The monoisotopic (exact) mass is 421 g/mol. The van der Waals surface area contributed by atoms with Crippen molar-refractivity contribution in [1.82, 2.24) is 4.90 Å². The van der Waals surface area contributed by atoms with Gasteiger partial charge in [0.1, 0.15) is 0 Å². The molecule has 4 heteroatoms. The Morgan fingerprint density at radius 1 is 1.10 bits per heavy atom. The zero-order valence-electron chi connectivity index (χ0n) is 13.0. The van der Waals surface area contributed by atoms with Crippen molar-refractivity contribution >= 4 is 40.1 Å². The van der Waals surface area contributed by atoms with Crippen molar-refractivity contribution in [2.24, 2.45) is 0 Å². The standard InChI is InChI=1S/C17H25ClINO/c1-3-5-7-11-20(12-8-6-4-2)17(21)15-13-14(18)9-10-16(15)19/h9-10,13H,3-8,11-12H2,1-2H3. The molecule has 0 bridgehead atoms. The first kappa shape index (κ1) is 18.8. The van der Waals surface area contributed by atoms with Crippen LogP contribution in [0.25, 0.3) is 0 Å². The number of benzene rings is 1. The van der Waals surface area contributed by atoms with Crippen LogP contribution in [0.3, 0.4) is 0 Å². The second-order valence-corrected chi connectivity index (χ2v) is 6.93. The van der Waals surface area contributed by atoms with Gasteiger partial charge >= 0.3 is 0 Å². The van der Waals surface area contributed by atoms with Crippen molar-refractivity contribution in [2.75, 3.05) is 13.1 Å². The van der Waals surface area contributed by atoms with Gasteiger partial charge in [-0.2, -0.15) is 0 Å². The number of hydrogen-bond donors (Lipinski definition) is 0. The van der Waals surface area contributed by atoms with Crippen LogP contribution in [0.15, 0.2) is 18.2 Å². The molecule has 0 aliphatic carbocycles. The largest absolute Gasteiger partial charge is 0.339 e. The van der Waals surface area contributed by atoms with Crippen LogP contribution in [-0.2, 0) is 0 Å². The van der Waals surface area contributed by atoms with E-state index in [9.17, 15) is 4.79 Å². The average Bonchev–Trinajstić information content (AvgIpc) is 2.48. The van der Waals surface area contributed by atoms with Crippen LogP contribution in [0.4, 0.5) is 0 Å². The Morgan fingerprint density at radius 2 is 1.67 bits per heavy atom. The second-order valence-electron chi connectivity index (χ2n) is 5.33. The molecule has 0 aliphatic rings. The molecule has 2 nitrogen and oxygen atoms in total. The molecule has 0 spiro atoms. The highest BCUT2D eigenvalue weighted by Gasteiger charge is 2.18. The number of rotatable bonds is 9. The van der Waals surface area contributed by atoms with Gasteiger partial charge in [0.2, 0.25) is 0 Å². The minimum absolute atomic E-state index is 0.120. The van der Waals surface area contributed by atoms with Gasteiger partial charge in [-0.05, 0) is 53.6 Å². The Balaban J connectivity index is 2.79. The van der Waals surface area contributed by atoms with Crippen LogP contribution in [0, 0.1) is 3.57 Å². The van der Waals surface area contributed by atoms with E-state index < -0.39 is 0 Å². The first-order valence-electron chi connectivity index (χ1n) is 7.84. The van der Waals surface area contributed by atoms with Crippen molar-refractivity contribution in [2.45, 2.75) is 52.4 Å². The molecule has 1 amide bonds. The number of hydrogen-bond acceptors (Lipinski definition) is 1. The maximum absolute atomic E-state index is 12.8. The van der Waals surface area contributed by atoms with E-state index in [0.717, 1.165) is 35.1 Å². The Morgan fingerprint density at radius 3 is 2.19 bits per heavy atom. The Kier molecular flexibility index (Phi) is 9.32. The van der Waals surface area contributed by atoms with Crippen LogP contribution in [0.5, 0.6) is 0 Å². The van der Waals surface area contributed by atoms with Crippen molar-refractivity contribution in [3.63, 3.8) is 0 Å². The fourth-order valence-corrected chi connectivity index (χ4v) is 2.99. The minimum atomic E-state index is 0.120. The van der Waals surface area contributed by atoms with E-state index in [1.165, 1.54) is 25.7 Å². The Labute approximate surface area is 147 Å². The summed E-state index contributed by atoms with van der Waals surface area (Å²) in [5, 5.41) is 0.626. The highest BCUT2D eigenvalue weighted by molar-refractivity contribution is 14.1. The van der Waals surface area contributed by atoms with Gasteiger partial charge in [-0.3, -0.25) is 4.79 Å². The zero-order valence-corrected chi connectivity index (χ0v) is 15.9. The van der Waals surface area contributed by atoms with Gasteiger partial charge < -0.3 is 4.90 Å². The highest BCUT2D eigenvalue weighted by Crippen LogP contribution is 2.20. The lowest BCUT2D eigenvalue weighted by Crippen LogP contribution is -2.33. The third-order valence-corrected chi connectivity index (χ3v) is 4.68. The van der Waals surface area contributed by atoms with Gasteiger partial charge in [-0.25, -0.2) is 0 Å². The summed E-state index contributed by atoms with van der Waals surface area (Å²) in [5.74, 6) is 0.120. The molecule has 21 heavy (non-hydrogen) atoms. The van der Waals surface area contributed by atoms with E-state index in [1.54, 1.807) is 6.07 Å². The van der Waals surface area contributed by atoms with Crippen LogP contribution in [0.2, 0.25) is 5.02 Å². The van der Waals surface area contributed by atoms with E-state index in [-0.39, 0.29) is 5.91 Å². The maximum Gasteiger partial charge on any atom is 0.254 e. The van der Waals surface area contributed by atoms with Gasteiger partial charge in [0.15, 0.2) is 0 Å². The van der Waals surface area contributed by atoms with Gasteiger partial charge in [0, 0.05) is 21.7 Å². The molecule has 0 atom stereocenters. The van der Waals surface area contributed by atoms with E-state index in [2.05, 4.69) is 36.4 Å². The number of unbranched alkanes of at least 4 members (excludes halogenated alkanes) is 4. The molecule has 0 N–H and O–H groups in total. The lowest BCUT2D eigenvalue weighted by Gasteiger charge is -2.23. The smallest absolute Gasteiger partial charge is 0.254 e. The molecular formula is C17H25ClINO. The van der Waals surface area contributed by atoms with Crippen molar-refractivity contribution in [3.05, 3.63) is 32.4 Å². The molecule has 118 valence electrons. The Hall–Kier alpha value is -0.290. The number of amides is 1. The number of carbonyl (C=O) groups excluding carboxylic acids is 1. The quantitative estimate of drug-likeness (QED) is 0.366. The first-order valence-corrected chi connectivity index (χ1v) is 9.30. The summed E-state index contributed by atoms with van der Waals surface area (Å²) in [5.41, 5.74) is 0.732. The van der Waals surface area contributed by atoms with Gasteiger partial charge in [-0.1, -0.05) is 51.1 Å². The third-order valence-electron chi connectivity index (χ3n) is 3.51. The summed E-state index contributed by atoms with van der Waals surface area (Å²) in [6.07, 6.45) is 6.84. The summed E-state index contributed by atoms with van der Waals surface area (Å²) in [7, 11) is 0. The first-order chi connectivity index (χ1) is 10.1. The van der Waals surface area contributed by atoms with Crippen LogP contribution in [0.1, 0.15) is 62.7 Å². The van der Waals surface area contributed by atoms with E-state index >= 15 is 0 Å². The molecule has 0 unspecified atom stereocenters. The van der Waals surface area contributed by atoms with Crippen LogP contribution >= 0.6 is 34.2 Å². The molecule has 0 saturated carbocycles. The molecule has 0 radical (unpaired) electrons. The topological polar surface area (TPSA) is 20.3 Å². The predicted octanol–water partition coefficient (Wildman–Crippen LogP) is 5.77. The van der Waals surface area contributed by atoms with Crippen LogP contribution < -0.4 is 0 Å². The molecule has 0 saturated heterocycles. The Bertz CT molecular complexity index is 440. The summed E-state index contributed by atoms with van der Waals surface area (Å²) in [4.78, 5) is 14.8. The van der Waals surface area contributed by atoms with Crippen molar-refractivity contribution in [3.8, 4) is 0 Å². The normalized spacial score (nSPS) is 10.7. The maximum atomic E-state index is 12.8. The lowest BCUT2D eigenvalue weighted by atomic mass is 10.1. The highest BCUT2D eigenvalue weighted by atomic mass is 127. The molecule has 1 rings (SSSR count). The number of halogens is 2. The summed E-state index contributed by atoms with van der Waals surface area (Å²) >= 11 is 8.25. The fraction of sp³-hybridized carbons (Fsp3) is 0.588. The number of carbonyl (C=O) groups is 1. The lowest BCUT2D eigenvalue weighted by molar-refractivity contribution is 0.0748. The number of nitrogens with zero attached hydrogens (tertiary/aromatic N) is 1.